The normalized spacial score (nSPS) is 11.8. The zero-order valence-electron chi connectivity index (χ0n) is 9.35. The number of hydrogen-bond acceptors (Lipinski definition) is 3. The summed E-state index contributed by atoms with van der Waals surface area (Å²) in [6, 6.07) is 7.45. The number of aliphatic carboxylic acids is 1. The van der Waals surface area contributed by atoms with Crippen LogP contribution in [0.3, 0.4) is 0 Å². The van der Waals surface area contributed by atoms with Crippen molar-refractivity contribution in [1.29, 1.82) is 0 Å². The van der Waals surface area contributed by atoms with Gasteiger partial charge >= 0.3 is 5.97 Å². The third-order valence-corrected chi connectivity index (χ3v) is 2.31. The molecule has 1 rings (SSSR count). The third kappa shape index (κ3) is 4.70. The summed E-state index contributed by atoms with van der Waals surface area (Å²) in [6.07, 6.45) is 3.67. The van der Waals surface area contributed by atoms with Gasteiger partial charge in [-0.3, -0.25) is 0 Å². The number of nitrogens with zero attached hydrogens (tertiary/aromatic N) is 1. The van der Waals surface area contributed by atoms with E-state index < -0.39 is 5.97 Å². The largest absolute Gasteiger partial charge is 0.477 e. The SMILES string of the molecule is C/C(=N\NC/C=C/c1ccccc1Cl)C(=O)O. The molecule has 0 aromatic heterocycles. The molecule has 1 aromatic rings. The molecule has 17 heavy (non-hydrogen) atoms. The Morgan fingerprint density at radius 3 is 2.88 bits per heavy atom. The fourth-order valence-corrected chi connectivity index (χ4v) is 1.26. The highest BCUT2D eigenvalue weighted by molar-refractivity contribution is 6.34. The molecule has 0 aliphatic heterocycles. The lowest BCUT2D eigenvalue weighted by atomic mass is 10.2. The minimum Gasteiger partial charge on any atom is -0.477 e. The van der Waals surface area contributed by atoms with Crippen molar-refractivity contribution in [2.24, 2.45) is 5.10 Å². The maximum Gasteiger partial charge on any atom is 0.351 e. The van der Waals surface area contributed by atoms with Crippen LogP contribution < -0.4 is 5.43 Å². The zero-order chi connectivity index (χ0) is 12.7. The van der Waals surface area contributed by atoms with E-state index in [-0.39, 0.29) is 5.71 Å². The number of carboxylic acid groups (broad SMARTS) is 1. The lowest BCUT2D eigenvalue weighted by Crippen LogP contribution is -2.15. The van der Waals surface area contributed by atoms with E-state index >= 15 is 0 Å². The Bertz CT molecular complexity index is 456. The van der Waals surface area contributed by atoms with Gasteiger partial charge < -0.3 is 10.5 Å². The van der Waals surface area contributed by atoms with Gasteiger partial charge in [-0.2, -0.15) is 5.10 Å². The Balaban J connectivity index is 2.45. The van der Waals surface area contributed by atoms with Crippen LogP contribution in [0.25, 0.3) is 6.08 Å². The first-order chi connectivity index (χ1) is 8.11. The van der Waals surface area contributed by atoms with Gasteiger partial charge in [-0.05, 0) is 18.6 Å². The predicted octanol–water partition coefficient (Wildman–Crippen LogP) is 2.40. The van der Waals surface area contributed by atoms with Crippen molar-refractivity contribution in [2.45, 2.75) is 6.92 Å². The molecule has 4 nitrogen and oxygen atoms in total. The highest BCUT2D eigenvalue weighted by Crippen LogP contribution is 2.15. The molecule has 0 aliphatic rings. The average molecular weight is 253 g/mol. The van der Waals surface area contributed by atoms with E-state index in [1.165, 1.54) is 6.92 Å². The molecule has 0 amide bonds. The number of hydrogen-bond donors (Lipinski definition) is 2. The van der Waals surface area contributed by atoms with E-state index in [2.05, 4.69) is 10.5 Å². The topological polar surface area (TPSA) is 61.7 Å². The molecule has 0 unspecified atom stereocenters. The van der Waals surface area contributed by atoms with E-state index in [4.69, 9.17) is 16.7 Å². The Hall–Kier alpha value is -1.81. The second kappa shape index (κ2) is 6.70. The number of rotatable bonds is 5. The van der Waals surface area contributed by atoms with Crippen molar-refractivity contribution in [1.82, 2.24) is 5.43 Å². The first-order valence-electron chi connectivity index (χ1n) is 5.03. The fraction of sp³-hybridized carbons (Fsp3) is 0.167. The summed E-state index contributed by atoms with van der Waals surface area (Å²) in [4.78, 5) is 10.4. The molecule has 0 fully saturated rings. The number of benzene rings is 1. The summed E-state index contributed by atoms with van der Waals surface area (Å²) in [5, 5.41) is 12.9. The summed E-state index contributed by atoms with van der Waals surface area (Å²) in [7, 11) is 0. The highest BCUT2D eigenvalue weighted by atomic mass is 35.5. The quantitative estimate of drug-likeness (QED) is 0.481. The second-order valence-corrected chi connectivity index (χ2v) is 3.70. The molecule has 5 heteroatoms. The average Bonchev–Trinajstić information content (AvgIpc) is 2.30. The summed E-state index contributed by atoms with van der Waals surface area (Å²) < 4.78 is 0. The van der Waals surface area contributed by atoms with Crippen molar-refractivity contribution >= 4 is 29.4 Å². The molecule has 0 saturated heterocycles. The van der Waals surface area contributed by atoms with Gasteiger partial charge in [0.25, 0.3) is 0 Å². The molecular formula is C12H13ClN2O2. The third-order valence-electron chi connectivity index (χ3n) is 1.97. The van der Waals surface area contributed by atoms with Gasteiger partial charge in [-0.1, -0.05) is 42.0 Å². The smallest absolute Gasteiger partial charge is 0.351 e. The minimum atomic E-state index is -1.03. The van der Waals surface area contributed by atoms with E-state index in [1.807, 2.05) is 30.4 Å². The van der Waals surface area contributed by atoms with Gasteiger partial charge in [0, 0.05) is 5.02 Å². The Morgan fingerprint density at radius 1 is 1.53 bits per heavy atom. The monoisotopic (exact) mass is 252 g/mol. The van der Waals surface area contributed by atoms with Gasteiger partial charge in [-0.15, -0.1) is 0 Å². The molecule has 0 atom stereocenters. The molecule has 90 valence electrons. The maximum atomic E-state index is 10.4. The van der Waals surface area contributed by atoms with Crippen LogP contribution in [0.2, 0.25) is 5.02 Å². The fourth-order valence-electron chi connectivity index (χ4n) is 1.06. The van der Waals surface area contributed by atoms with Gasteiger partial charge in [0.05, 0.1) is 6.54 Å². The van der Waals surface area contributed by atoms with Crippen LogP contribution in [0.4, 0.5) is 0 Å². The maximum absolute atomic E-state index is 10.4. The molecule has 0 aliphatic carbocycles. The van der Waals surface area contributed by atoms with Crippen molar-refractivity contribution in [3.63, 3.8) is 0 Å². The number of nitrogens with one attached hydrogen (secondary N) is 1. The number of carboxylic acids is 1. The van der Waals surface area contributed by atoms with Crippen molar-refractivity contribution < 1.29 is 9.90 Å². The molecule has 0 bridgehead atoms. The summed E-state index contributed by atoms with van der Waals surface area (Å²) in [5.41, 5.74) is 3.57. The Kier molecular flexibility index (Phi) is 5.23. The van der Waals surface area contributed by atoms with Crippen molar-refractivity contribution in [3.05, 3.63) is 40.9 Å². The van der Waals surface area contributed by atoms with E-state index in [1.54, 1.807) is 6.07 Å². The summed E-state index contributed by atoms with van der Waals surface area (Å²) in [5.74, 6) is -1.03. The van der Waals surface area contributed by atoms with Crippen LogP contribution in [0.1, 0.15) is 12.5 Å². The molecule has 0 saturated carbocycles. The zero-order valence-corrected chi connectivity index (χ0v) is 10.1. The lowest BCUT2D eigenvalue weighted by molar-refractivity contribution is -0.129. The predicted molar refractivity (Wildman–Crippen MR) is 69.2 cm³/mol. The number of carbonyl (C=O) groups is 1. The molecule has 0 spiro atoms. The Morgan fingerprint density at radius 2 is 2.24 bits per heavy atom. The molecule has 2 N–H and O–H groups in total. The number of hydrazone groups is 1. The van der Waals surface area contributed by atoms with E-state index in [0.29, 0.717) is 11.6 Å². The lowest BCUT2D eigenvalue weighted by Gasteiger charge is -1.98. The molecular weight excluding hydrogens is 240 g/mol. The van der Waals surface area contributed by atoms with E-state index in [9.17, 15) is 4.79 Å². The van der Waals surface area contributed by atoms with Gasteiger partial charge in [0.2, 0.25) is 0 Å². The van der Waals surface area contributed by atoms with Crippen molar-refractivity contribution in [2.75, 3.05) is 6.54 Å². The van der Waals surface area contributed by atoms with Crippen molar-refractivity contribution in [3.8, 4) is 0 Å². The van der Waals surface area contributed by atoms with Crippen LogP contribution in [0, 0.1) is 0 Å². The number of halogens is 1. The molecule has 1 aromatic carbocycles. The Labute approximate surface area is 105 Å². The standard InChI is InChI=1S/C12H13ClN2O2/c1-9(12(16)17)15-14-8-4-6-10-5-2-3-7-11(10)13/h2-7,14H,8H2,1H3,(H,16,17)/b6-4+,15-9+. The van der Waals surface area contributed by atoms with Gasteiger partial charge in [0.1, 0.15) is 5.71 Å². The van der Waals surface area contributed by atoms with Gasteiger partial charge in [0.15, 0.2) is 0 Å². The van der Waals surface area contributed by atoms with Crippen LogP contribution in [0.15, 0.2) is 35.4 Å². The molecule has 0 heterocycles. The summed E-state index contributed by atoms with van der Waals surface area (Å²) in [6.45, 7) is 1.86. The first-order valence-corrected chi connectivity index (χ1v) is 5.40. The second-order valence-electron chi connectivity index (χ2n) is 3.29. The first kappa shape index (κ1) is 13.3. The van der Waals surface area contributed by atoms with Crippen LogP contribution in [0.5, 0.6) is 0 Å². The minimum absolute atomic E-state index is 0.0242. The summed E-state index contributed by atoms with van der Waals surface area (Å²) >= 11 is 5.95. The van der Waals surface area contributed by atoms with E-state index in [0.717, 1.165) is 5.56 Å². The van der Waals surface area contributed by atoms with Crippen LogP contribution in [-0.2, 0) is 4.79 Å². The van der Waals surface area contributed by atoms with Gasteiger partial charge in [-0.25, -0.2) is 4.79 Å². The van der Waals surface area contributed by atoms with Crippen LogP contribution in [-0.4, -0.2) is 23.3 Å². The van der Waals surface area contributed by atoms with Crippen LogP contribution >= 0.6 is 11.6 Å². The molecule has 0 radical (unpaired) electrons. The highest BCUT2D eigenvalue weighted by Gasteiger charge is 1.99.